The van der Waals surface area contributed by atoms with Gasteiger partial charge in [-0.2, -0.15) is 10.4 Å². The van der Waals surface area contributed by atoms with Crippen LogP contribution in [0.2, 0.25) is 0 Å². The van der Waals surface area contributed by atoms with Gasteiger partial charge in [-0.15, -0.1) is 0 Å². The molecule has 4 nitrogen and oxygen atoms in total. The minimum Gasteiger partial charge on any atom is -0.207 e. The van der Waals surface area contributed by atoms with Crippen LogP contribution in [0.1, 0.15) is 6.92 Å². The zero-order valence-corrected chi connectivity index (χ0v) is 3.96. The molecule has 0 saturated heterocycles. The first-order valence-electron chi connectivity index (χ1n) is 1.85. The van der Waals surface area contributed by atoms with Gasteiger partial charge in [0.25, 0.3) is 0 Å². The molecule has 0 aliphatic carbocycles. The Kier molecular flexibility index (Phi) is 1.89. The Morgan fingerprint density at radius 1 is 1.71 bits per heavy atom. The van der Waals surface area contributed by atoms with E-state index in [0.717, 1.165) is 6.41 Å². The molecular formula is C3H7NO3+. The second kappa shape index (κ2) is 2.02. The molecule has 41 valence electrons. The smallest absolute Gasteiger partial charge is 0.207 e. The van der Waals surface area contributed by atoms with Gasteiger partial charge >= 0.3 is 6.41 Å². The van der Waals surface area contributed by atoms with E-state index < -0.39 is 4.81 Å². The summed E-state index contributed by atoms with van der Waals surface area (Å²) < 4.78 is 0. The average Bonchev–Trinajstić information content (AvgIpc) is 1.68. The number of hydrogen-bond donors (Lipinski definition) is 2. The van der Waals surface area contributed by atoms with Crippen molar-refractivity contribution in [1.82, 2.24) is 0 Å². The molecular weight excluding hydrogens is 98.0 g/mol. The van der Waals surface area contributed by atoms with Gasteiger partial charge in [-0.1, -0.05) is 0 Å². The summed E-state index contributed by atoms with van der Waals surface area (Å²) in [7, 11) is 0. The highest BCUT2D eigenvalue weighted by Gasteiger charge is 2.19. The van der Waals surface area contributed by atoms with Gasteiger partial charge in [-0.25, -0.2) is 4.79 Å². The van der Waals surface area contributed by atoms with Crippen LogP contribution in [0.25, 0.3) is 0 Å². The molecule has 0 aromatic heterocycles. The molecule has 0 fully saturated rings. The number of nitrogens with zero attached hydrogens (tertiary/aromatic N) is 1. The van der Waals surface area contributed by atoms with Gasteiger partial charge in [-0.3, -0.25) is 0 Å². The molecule has 0 aliphatic heterocycles. The van der Waals surface area contributed by atoms with E-state index in [4.69, 9.17) is 10.4 Å². The lowest BCUT2D eigenvalue weighted by atomic mass is 10.7. The van der Waals surface area contributed by atoms with Crippen LogP contribution in [0, 0.1) is 0 Å². The fraction of sp³-hybridized carbons (Fsp3) is 0.667. The van der Waals surface area contributed by atoms with Gasteiger partial charge < -0.3 is 0 Å². The largest absolute Gasteiger partial charge is 0.514 e. The van der Waals surface area contributed by atoms with E-state index in [1.807, 2.05) is 0 Å². The number of hydrogen-bond acceptors (Lipinski definition) is 3. The number of quaternary nitrogens is 1. The molecule has 0 atom stereocenters. The van der Waals surface area contributed by atoms with Crippen molar-refractivity contribution >= 4 is 6.41 Å². The quantitative estimate of drug-likeness (QED) is 0.287. The van der Waals surface area contributed by atoms with Crippen LogP contribution in [0.5, 0.6) is 0 Å². The molecule has 0 bridgehead atoms. The van der Waals surface area contributed by atoms with Crippen molar-refractivity contribution in [3.8, 4) is 0 Å². The highest BCUT2D eigenvalue weighted by Crippen LogP contribution is 1.84. The van der Waals surface area contributed by atoms with Crippen molar-refractivity contribution in [2.24, 2.45) is 0 Å². The van der Waals surface area contributed by atoms with E-state index in [1.165, 1.54) is 6.92 Å². The predicted octanol–water partition coefficient (Wildman–Crippen LogP) is -0.331. The third kappa shape index (κ3) is 2.27. The minimum atomic E-state index is -1.67. The van der Waals surface area contributed by atoms with E-state index in [2.05, 4.69) is 0 Å². The molecule has 0 rings (SSSR count). The van der Waals surface area contributed by atoms with Gasteiger partial charge in [0.05, 0.1) is 0 Å². The van der Waals surface area contributed by atoms with Crippen molar-refractivity contribution in [3.63, 3.8) is 0 Å². The van der Waals surface area contributed by atoms with Gasteiger partial charge in [-0.05, 0) is 6.92 Å². The summed E-state index contributed by atoms with van der Waals surface area (Å²) in [6.07, 6.45) is 0.990. The Labute approximate surface area is 41.1 Å². The van der Waals surface area contributed by atoms with E-state index >= 15 is 0 Å². The average molecular weight is 105 g/mol. The lowest BCUT2D eigenvalue weighted by molar-refractivity contribution is -1.18. The van der Waals surface area contributed by atoms with Crippen molar-refractivity contribution < 1.29 is 20.0 Å². The molecule has 0 heterocycles. The van der Waals surface area contributed by atoms with Gasteiger partial charge in [0.15, 0.2) is 0 Å². The van der Waals surface area contributed by atoms with Crippen LogP contribution in [0.4, 0.5) is 0 Å². The summed E-state index contributed by atoms with van der Waals surface area (Å²) in [4.78, 5) is 7.74. The topological polar surface area (TPSA) is 57.5 Å². The van der Waals surface area contributed by atoms with E-state index in [1.54, 1.807) is 0 Å². The summed E-state index contributed by atoms with van der Waals surface area (Å²) in [5, 5.41) is 16.4. The molecule has 1 amide bonds. The Morgan fingerprint density at radius 3 is 2.14 bits per heavy atom. The normalized spacial score (nSPS) is 11.3. The van der Waals surface area contributed by atoms with E-state index in [0.29, 0.717) is 0 Å². The van der Waals surface area contributed by atoms with Crippen molar-refractivity contribution in [2.45, 2.75) is 6.92 Å². The van der Waals surface area contributed by atoms with Crippen LogP contribution in [-0.2, 0) is 4.79 Å². The van der Waals surface area contributed by atoms with Crippen molar-refractivity contribution in [1.29, 1.82) is 0 Å². The molecule has 7 heavy (non-hydrogen) atoms. The lowest BCUT2D eigenvalue weighted by Crippen LogP contribution is -2.38. The van der Waals surface area contributed by atoms with Crippen LogP contribution >= 0.6 is 0 Å². The number of amides is 1. The molecule has 4 heteroatoms. The van der Waals surface area contributed by atoms with Crippen LogP contribution in [-0.4, -0.2) is 28.2 Å². The first kappa shape index (κ1) is 6.55. The fourth-order valence-electron chi connectivity index (χ4n) is 0.0645. The number of rotatable bonds is 2. The molecule has 0 spiro atoms. The lowest BCUT2D eigenvalue weighted by Gasteiger charge is -2.05. The monoisotopic (exact) mass is 105 g/mol. The zero-order chi connectivity index (χ0) is 5.91. The fourth-order valence-corrected chi connectivity index (χ4v) is 0.0645. The highest BCUT2D eigenvalue weighted by molar-refractivity contribution is 5.35. The molecule has 0 aromatic carbocycles. The summed E-state index contributed by atoms with van der Waals surface area (Å²) in [5.74, 6) is 0. The second-order valence-corrected chi connectivity index (χ2v) is 1.14. The SMILES string of the molecule is CC[N+](O)(O)[C]=O. The predicted molar refractivity (Wildman–Crippen MR) is 20.1 cm³/mol. The van der Waals surface area contributed by atoms with Crippen LogP contribution < -0.4 is 0 Å². The molecule has 0 aliphatic rings. The third-order valence-corrected chi connectivity index (χ3v) is 0.587. The summed E-state index contributed by atoms with van der Waals surface area (Å²) in [6.45, 7) is 1.37. The standard InChI is InChI=1S/C3H7NO3/c1-2-4(6,7)3-5/h6-7H,2H2,1H3/q+1. The molecule has 2 N–H and O–H groups in total. The minimum absolute atomic E-state index is 0.0799. The maximum Gasteiger partial charge on any atom is 0.514 e. The summed E-state index contributed by atoms with van der Waals surface area (Å²) >= 11 is 0. The Bertz CT molecular complexity index is 70.6. The molecule has 0 aromatic rings. The first-order valence-corrected chi connectivity index (χ1v) is 1.85. The Morgan fingerprint density at radius 2 is 2.14 bits per heavy atom. The zero-order valence-electron chi connectivity index (χ0n) is 3.96. The van der Waals surface area contributed by atoms with Crippen molar-refractivity contribution in [2.75, 3.05) is 6.54 Å². The van der Waals surface area contributed by atoms with Gasteiger partial charge in [0.2, 0.25) is 0 Å². The van der Waals surface area contributed by atoms with Gasteiger partial charge in [0, 0.05) is 4.81 Å². The molecule has 0 unspecified atom stereocenters. The van der Waals surface area contributed by atoms with E-state index in [9.17, 15) is 4.79 Å². The maximum absolute atomic E-state index is 9.40. The number of hydroxylamine groups is 4. The Balaban J connectivity index is 3.58. The van der Waals surface area contributed by atoms with Crippen molar-refractivity contribution in [3.05, 3.63) is 0 Å². The van der Waals surface area contributed by atoms with E-state index in [-0.39, 0.29) is 6.54 Å². The summed E-state index contributed by atoms with van der Waals surface area (Å²) in [6, 6.07) is 0. The Hall–Kier alpha value is -0.450. The second-order valence-electron chi connectivity index (χ2n) is 1.14. The number of carbonyl (C=O) groups excluding carboxylic acids is 1. The molecule has 1 radical (unpaired) electrons. The highest BCUT2D eigenvalue weighted by atomic mass is 16.8. The molecule has 0 saturated carbocycles. The summed E-state index contributed by atoms with van der Waals surface area (Å²) in [5.41, 5.74) is 0. The van der Waals surface area contributed by atoms with Crippen LogP contribution in [0.15, 0.2) is 0 Å². The third-order valence-electron chi connectivity index (χ3n) is 0.587. The van der Waals surface area contributed by atoms with Crippen LogP contribution in [0.3, 0.4) is 0 Å². The van der Waals surface area contributed by atoms with Gasteiger partial charge in [0.1, 0.15) is 6.54 Å². The maximum atomic E-state index is 9.40. The first-order chi connectivity index (χ1) is 3.12.